The van der Waals surface area contributed by atoms with E-state index in [-0.39, 0.29) is 17.5 Å². The van der Waals surface area contributed by atoms with Crippen LogP contribution >= 0.6 is 0 Å². The van der Waals surface area contributed by atoms with Gasteiger partial charge in [0.15, 0.2) is 17.0 Å². The second kappa shape index (κ2) is 7.94. The highest BCUT2D eigenvalue weighted by Gasteiger charge is 2.36. The van der Waals surface area contributed by atoms with E-state index < -0.39 is 5.97 Å². The maximum absolute atomic E-state index is 11.1. The summed E-state index contributed by atoms with van der Waals surface area (Å²) >= 11 is 0. The molecule has 3 aliphatic heterocycles. The van der Waals surface area contributed by atoms with Crippen LogP contribution in [-0.2, 0) is 4.79 Å². The number of nitrogens with zero attached hydrogens (tertiary/aromatic N) is 3. The SMILES string of the molecule is CC1=CC(C)(C)[N+](CCCC(=O)O)=c2cc3c(cc21)=Nc1cc2c(cc1O3)N(C)C(C)(C)CC2C. The van der Waals surface area contributed by atoms with E-state index in [1.165, 1.54) is 16.8 Å². The Bertz CT molecular complexity index is 1400. The molecule has 3 heterocycles. The fraction of sp³-hybridized carbons (Fsp3) is 0.483. The lowest BCUT2D eigenvalue weighted by Crippen LogP contribution is -2.50. The molecular weight excluding hydrogens is 438 g/mol. The highest BCUT2D eigenvalue weighted by molar-refractivity contribution is 5.72. The molecule has 0 amide bonds. The second-order valence-corrected chi connectivity index (χ2v) is 11.5. The van der Waals surface area contributed by atoms with E-state index in [9.17, 15) is 4.79 Å². The molecule has 0 aromatic heterocycles. The van der Waals surface area contributed by atoms with Gasteiger partial charge in [-0.2, -0.15) is 0 Å². The Morgan fingerprint density at radius 2 is 1.94 bits per heavy atom. The highest BCUT2D eigenvalue weighted by atomic mass is 16.5. The van der Waals surface area contributed by atoms with Crippen LogP contribution in [0.2, 0.25) is 0 Å². The quantitative estimate of drug-likeness (QED) is 0.540. The van der Waals surface area contributed by atoms with E-state index in [0.29, 0.717) is 18.9 Å². The molecule has 0 fully saturated rings. The molecule has 1 N–H and O–H groups in total. The Kier molecular flexibility index (Phi) is 5.35. The third-order valence-corrected chi connectivity index (χ3v) is 8.01. The number of ether oxygens (including phenoxy) is 1. The molecule has 0 bridgehead atoms. The number of fused-ring (bicyclic) bond motifs is 4. The highest BCUT2D eigenvalue weighted by Crippen LogP contribution is 2.48. The molecule has 2 aromatic rings. The van der Waals surface area contributed by atoms with E-state index >= 15 is 0 Å². The molecule has 35 heavy (non-hydrogen) atoms. The van der Waals surface area contributed by atoms with Crippen molar-refractivity contribution in [1.82, 2.24) is 4.58 Å². The van der Waals surface area contributed by atoms with Crippen LogP contribution in [0.15, 0.2) is 35.3 Å². The Morgan fingerprint density at radius 1 is 1.20 bits per heavy atom. The Hall–Kier alpha value is -3.15. The lowest BCUT2D eigenvalue weighted by atomic mass is 9.80. The molecule has 1 unspecified atom stereocenters. The Labute approximate surface area is 207 Å². The number of aliphatic carboxylic acids is 1. The lowest BCUT2D eigenvalue weighted by molar-refractivity contribution is -0.137. The average Bonchev–Trinajstić information content (AvgIpc) is 2.75. The zero-order valence-electron chi connectivity index (χ0n) is 21.9. The summed E-state index contributed by atoms with van der Waals surface area (Å²) in [6.07, 6.45) is 4.10. The van der Waals surface area contributed by atoms with E-state index in [4.69, 9.17) is 14.8 Å². The zero-order valence-corrected chi connectivity index (χ0v) is 21.9. The molecule has 184 valence electrons. The fourth-order valence-electron chi connectivity index (χ4n) is 6.06. The van der Waals surface area contributed by atoms with Crippen LogP contribution in [0.25, 0.3) is 5.57 Å². The third-order valence-electron chi connectivity index (χ3n) is 8.01. The van der Waals surface area contributed by atoms with Gasteiger partial charge < -0.3 is 14.7 Å². The minimum absolute atomic E-state index is 0.0787. The summed E-state index contributed by atoms with van der Waals surface area (Å²) in [6, 6.07) is 8.56. The van der Waals surface area contributed by atoms with Crippen molar-refractivity contribution < 1.29 is 14.6 Å². The van der Waals surface area contributed by atoms with Crippen molar-refractivity contribution in [3.05, 3.63) is 52.2 Å². The molecule has 0 radical (unpaired) electrons. The maximum Gasteiger partial charge on any atom is 0.303 e. The maximum atomic E-state index is 11.1. The topological polar surface area (TPSA) is 65.1 Å². The number of carboxylic acid groups (broad SMARTS) is 1. The van der Waals surface area contributed by atoms with Crippen LogP contribution in [0, 0.1) is 0 Å². The largest absolute Gasteiger partial charge is 0.481 e. The lowest BCUT2D eigenvalue weighted by Gasteiger charge is -2.45. The van der Waals surface area contributed by atoms with Gasteiger partial charge in [-0.15, -0.1) is 0 Å². The van der Waals surface area contributed by atoms with Crippen LogP contribution in [-0.4, -0.2) is 35.7 Å². The summed E-state index contributed by atoms with van der Waals surface area (Å²) in [5.74, 6) is 1.22. The van der Waals surface area contributed by atoms with Crippen molar-refractivity contribution in [3.63, 3.8) is 0 Å². The zero-order chi connectivity index (χ0) is 25.3. The first-order valence-electron chi connectivity index (χ1n) is 12.6. The van der Waals surface area contributed by atoms with Gasteiger partial charge >= 0.3 is 5.97 Å². The number of anilines is 1. The van der Waals surface area contributed by atoms with Crippen molar-refractivity contribution in [1.29, 1.82) is 0 Å². The number of rotatable bonds is 4. The molecule has 0 aliphatic carbocycles. The first-order chi connectivity index (χ1) is 16.4. The molecule has 3 aliphatic rings. The number of carbonyl (C=O) groups is 1. The van der Waals surface area contributed by atoms with Gasteiger partial charge in [0.1, 0.15) is 17.6 Å². The van der Waals surface area contributed by atoms with Crippen molar-refractivity contribution in [2.75, 3.05) is 18.5 Å². The number of benzene rings is 2. The van der Waals surface area contributed by atoms with Crippen LogP contribution in [0.1, 0.15) is 77.8 Å². The van der Waals surface area contributed by atoms with E-state index in [1.54, 1.807) is 0 Å². The summed E-state index contributed by atoms with van der Waals surface area (Å²) in [5, 5.41) is 11.1. The number of hydrogen-bond acceptors (Lipinski definition) is 4. The first kappa shape index (κ1) is 23.6. The van der Waals surface area contributed by atoms with Crippen LogP contribution in [0.4, 0.5) is 11.4 Å². The van der Waals surface area contributed by atoms with E-state index in [2.05, 4.69) is 88.4 Å². The standard InChI is InChI=1S/C29H35N3O3/c1-17-15-28(3,4)31(7)23-13-25-21(11-19(17)23)30-22-12-20-18(2)16-29(5,6)32(10-8-9-27(33)34)24(20)14-26(22)35-25/h11-14,16-17H,8-10,15H2,1-7H3/p+1. The van der Waals surface area contributed by atoms with Gasteiger partial charge in [-0.05, 0) is 62.5 Å². The summed E-state index contributed by atoms with van der Waals surface area (Å²) in [6.45, 7) is 14.0. The van der Waals surface area contributed by atoms with Crippen molar-refractivity contribution in [3.8, 4) is 11.5 Å². The molecule has 6 nitrogen and oxygen atoms in total. The number of hydrogen-bond donors (Lipinski definition) is 1. The van der Waals surface area contributed by atoms with E-state index in [1.807, 2.05) is 0 Å². The van der Waals surface area contributed by atoms with Crippen molar-refractivity contribution in [2.24, 2.45) is 4.99 Å². The van der Waals surface area contributed by atoms with Gasteiger partial charge in [0, 0.05) is 44.6 Å². The predicted molar refractivity (Wildman–Crippen MR) is 140 cm³/mol. The third kappa shape index (κ3) is 3.93. The van der Waals surface area contributed by atoms with Crippen LogP contribution in [0.3, 0.4) is 0 Å². The Balaban J connectivity index is 1.65. The molecule has 1 atom stereocenters. The molecule has 0 spiro atoms. The van der Waals surface area contributed by atoms with Gasteiger partial charge in [-0.1, -0.05) is 6.92 Å². The molecule has 5 rings (SSSR count). The fourth-order valence-corrected chi connectivity index (χ4v) is 6.06. The van der Waals surface area contributed by atoms with Gasteiger partial charge in [-0.3, -0.25) is 4.79 Å². The van der Waals surface area contributed by atoms with E-state index in [0.717, 1.165) is 39.9 Å². The monoisotopic (exact) mass is 474 g/mol. The molecular formula is C29H36N3O3+. The smallest absolute Gasteiger partial charge is 0.303 e. The summed E-state index contributed by atoms with van der Waals surface area (Å²) in [4.78, 5) is 18.5. The van der Waals surface area contributed by atoms with Crippen molar-refractivity contribution in [2.45, 2.75) is 77.8 Å². The normalized spacial score (nSPS) is 21.0. The summed E-state index contributed by atoms with van der Waals surface area (Å²) in [5.41, 5.74) is 5.59. The van der Waals surface area contributed by atoms with Gasteiger partial charge in [0.05, 0.1) is 18.1 Å². The molecule has 2 aromatic carbocycles. The summed E-state index contributed by atoms with van der Waals surface area (Å²) < 4.78 is 8.79. The minimum Gasteiger partial charge on any atom is -0.481 e. The molecule has 6 heteroatoms. The van der Waals surface area contributed by atoms with Crippen molar-refractivity contribution >= 4 is 22.9 Å². The second-order valence-electron chi connectivity index (χ2n) is 11.5. The number of allylic oxidation sites excluding steroid dienone is 1. The first-order valence-corrected chi connectivity index (χ1v) is 12.6. The van der Waals surface area contributed by atoms with Crippen LogP contribution in [0.5, 0.6) is 11.5 Å². The number of carboxylic acids is 1. The minimum atomic E-state index is -0.762. The van der Waals surface area contributed by atoms with Gasteiger partial charge in [-0.25, -0.2) is 9.57 Å². The molecule has 0 saturated carbocycles. The molecule has 0 saturated heterocycles. The van der Waals surface area contributed by atoms with Crippen LogP contribution < -0.4 is 24.9 Å². The Morgan fingerprint density at radius 3 is 2.66 bits per heavy atom. The summed E-state index contributed by atoms with van der Waals surface area (Å²) in [7, 11) is 2.16. The van der Waals surface area contributed by atoms with Gasteiger partial charge in [0.2, 0.25) is 5.36 Å². The average molecular weight is 475 g/mol. The van der Waals surface area contributed by atoms with Gasteiger partial charge in [0.25, 0.3) is 0 Å². The predicted octanol–water partition coefficient (Wildman–Crippen LogP) is 5.02.